The van der Waals surface area contributed by atoms with Crippen molar-refractivity contribution in [3.63, 3.8) is 0 Å². The molecule has 0 aliphatic heterocycles. The number of nitrogens with one attached hydrogen (secondary N) is 2. The van der Waals surface area contributed by atoms with Crippen molar-refractivity contribution in [2.45, 2.75) is 13.5 Å². The molecule has 24 heavy (non-hydrogen) atoms. The zero-order chi connectivity index (χ0) is 16.8. The highest BCUT2D eigenvalue weighted by Crippen LogP contribution is 2.24. The molecule has 2 aromatic heterocycles. The maximum atomic E-state index is 12.0. The topological polar surface area (TPSA) is 76.1 Å². The largest absolute Gasteiger partial charge is 0.424 e. The lowest BCUT2D eigenvalue weighted by Gasteiger charge is -2.11. The van der Waals surface area contributed by atoms with Gasteiger partial charge in [-0.1, -0.05) is 6.07 Å². The zero-order valence-corrected chi connectivity index (χ0v) is 13.8. The Hall–Kier alpha value is -2.93. The van der Waals surface area contributed by atoms with Gasteiger partial charge >= 0.3 is 12.0 Å². The molecule has 3 aromatic rings. The molecule has 0 aliphatic carbocycles. The first-order valence-electron chi connectivity index (χ1n) is 7.33. The highest BCUT2D eigenvalue weighted by molar-refractivity contribution is 7.09. The van der Waals surface area contributed by atoms with Crippen molar-refractivity contribution < 1.29 is 9.53 Å². The Balaban J connectivity index is 1.59. The monoisotopic (exact) mass is 340 g/mol. The van der Waals surface area contributed by atoms with Gasteiger partial charge in [-0.25, -0.2) is 14.8 Å². The molecule has 0 aliphatic rings. The third kappa shape index (κ3) is 4.30. The van der Waals surface area contributed by atoms with Gasteiger partial charge in [0.2, 0.25) is 0 Å². The summed E-state index contributed by atoms with van der Waals surface area (Å²) in [5.74, 6) is 0.614. The minimum absolute atomic E-state index is 0.244. The first-order valence-corrected chi connectivity index (χ1v) is 8.21. The predicted octanol–water partition coefficient (Wildman–Crippen LogP) is 3.96. The number of carbonyl (C=O) groups excluding carboxylic acids is 1. The van der Waals surface area contributed by atoms with Gasteiger partial charge in [0.25, 0.3) is 0 Å². The number of aryl methyl sites for hydroxylation is 1. The summed E-state index contributed by atoms with van der Waals surface area (Å²) >= 11 is 1.61. The molecule has 2 N–H and O–H groups in total. The fourth-order valence-electron chi connectivity index (χ4n) is 2.03. The molecule has 6 nitrogen and oxygen atoms in total. The number of hydrogen-bond acceptors (Lipinski definition) is 5. The summed E-state index contributed by atoms with van der Waals surface area (Å²) in [6.45, 7) is 2.41. The second kappa shape index (κ2) is 7.56. The second-order valence-corrected chi connectivity index (χ2v) is 6.03. The summed E-state index contributed by atoms with van der Waals surface area (Å²) in [5, 5.41) is 7.64. The predicted molar refractivity (Wildman–Crippen MR) is 93.5 cm³/mol. The van der Waals surface area contributed by atoms with Crippen molar-refractivity contribution in [1.82, 2.24) is 15.3 Å². The van der Waals surface area contributed by atoms with E-state index in [0.717, 1.165) is 16.1 Å². The average Bonchev–Trinajstić information content (AvgIpc) is 3.10. The fraction of sp³-hybridized carbons (Fsp3) is 0.118. The Morgan fingerprint density at radius 3 is 2.75 bits per heavy atom. The van der Waals surface area contributed by atoms with Crippen LogP contribution in [0, 0.1) is 6.92 Å². The van der Waals surface area contributed by atoms with E-state index in [1.807, 2.05) is 30.5 Å². The summed E-state index contributed by atoms with van der Waals surface area (Å²) in [6, 6.07) is 11.1. The van der Waals surface area contributed by atoms with Crippen LogP contribution in [0.4, 0.5) is 10.5 Å². The van der Waals surface area contributed by atoms with Crippen molar-refractivity contribution in [3.8, 4) is 11.8 Å². The molecule has 0 bridgehead atoms. The molecule has 0 fully saturated rings. The van der Waals surface area contributed by atoms with Gasteiger partial charge in [-0.2, -0.15) is 0 Å². The van der Waals surface area contributed by atoms with Crippen molar-refractivity contribution in [2.24, 2.45) is 0 Å². The normalized spacial score (nSPS) is 10.2. The number of thiophene rings is 1. The molecule has 2 heterocycles. The van der Waals surface area contributed by atoms with Crippen LogP contribution in [-0.2, 0) is 6.54 Å². The number of rotatable bonds is 5. The SMILES string of the molecule is Cc1cc(Oc2ncccn2)ccc1NC(=O)NCc1cccs1. The van der Waals surface area contributed by atoms with E-state index in [2.05, 4.69) is 20.6 Å². The molecule has 0 saturated carbocycles. The zero-order valence-electron chi connectivity index (χ0n) is 13.0. The molecular weight excluding hydrogens is 324 g/mol. The minimum atomic E-state index is -0.244. The summed E-state index contributed by atoms with van der Waals surface area (Å²) in [6.07, 6.45) is 3.23. The van der Waals surface area contributed by atoms with Gasteiger partial charge < -0.3 is 15.4 Å². The summed E-state index contributed by atoms with van der Waals surface area (Å²) in [7, 11) is 0. The average molecular weight is 340 g/mol. The Labute approximate surface area is 143 Å². The number of amides is 2. The lowest BCUT2D eigenvalue weighted by Crippen LogP contribution is -2.28. The molecular formula is C17H16N4O2S. The quantitative estimate of drug-likeness (QED) is 0.737. The van der Waals surface area contributed by atoms with Crippen LogP contribution in [0.2, 0.25) is 0 Å². The highest BCUT2D eigenvalue weighted by Gasteiger charge is 2.07. The van der Waals surface area contributed by atoms with E-state index in [0.29, 0.717) is 12.3 Å². The van der Waals surface area contributed by atoms with E-state index in [4.69, 9.17) is 4.74 Å². The lowest BCUT2D eigenvalue weighted by atomic mass is 10.2. The maximum absolute atomic E-state index is 12.0. The van der Waals surface area contributed by atoms with Crippen molar-refractivity contribution in [1.29, 1.82) is 0 Å². The number of hydrogen-bond donors (Lipinski definition) is 2. The summed E-state index contributed by atoms with van der Waals surface area (Å²) in [5.41, 5.74) is 1.61. The molecule has 0 radical (unpaired) electrons. The van der Waals surface area contributed by atoms with E-state index >= 15 is 0 Å². The number of anilines is 1. The van der Waals surface area contributed by atoms with Crippen LogP contribution >= 0.6 is 11.3 Å². The molecule has 7 heteroatoms. The van der Waals surface area contributed by atoms with Gasteiger partial charge in [-0.15, -0.1) is 11.3 Å². The van der Waals surface area contributed by atoms with Crippen LogP contribution in [0.1, 0.15) is 10.4 Å². The molecule has 3 rings (SSSR count). The van der Waals surface area contributed by atoms with E-state index in [-0.39, 0.29) is 12.0 Å². The van der Waals surface area contributed by atoms with Crippen molar-refractivity contribution in [3.05, 3.63) is 64.6 Å². The molecule has 0 spiro atoms. The van der Waals surface area contributed by atoms with Gasteiger partial charge in [0.05, 0.1) is 6.54 Å². The van der Waals surface area contributed by atoms with Gasteiger partial charge in [0, 0.05) is 23.0 Å². The van der Waals surface area contributed by atoms with E-state index in [1.54, 1.807) is 41.9 Å². The van der Waals surface area contributed by atoms with Gasteiger partial charge in [-0.05, 0) is 48.2 Å². The number of ether oxygens (including phenoxy) is 1. The minimum Gasteiger partial charge on any atom is -0.424 e. The van der Waals surface area contributed by atoms with Gasteiger partial charge in [-0.3, -0.25) is 0 Å². The number of nitrogens with zero attached hydrogens (tertiary/aromatic N) is 2. The van der Waals surface area contributed by atoms with Crippen LogP contribution in [0.15, 0.2) is 54.2 Å². The number of aromatic nitrogens is 2. The van der Waals surface area contributed by atoms with Crippen molar-refractivity contribution >= 4 is 23.1 Å². The molecule has 0 saturated heterocycles. The summed E-state index contributed by atoms with van der Waals surface area (Å²) in [4.78, 5) is 21.1. The van der Waals surface area contributed by atoms with Crippen LogP contribution in [0.3, 0.4) is 0 Å². The third-order valence-electron chi connectivity index (χ3n) is 3.20. The summed E-state index contributed by atoms with van der Waals surface area (Å²) < 4.78 is 5.57. The van der Waals surface area contributed by atoms with Crippen LogP contribution in [0.5, 0.6) is 11.8 Å². The first kappa shape index (κ1) is 15.9. The highest BCUT2D eigenvalue weighted by atomic mass is 32.1. The first-order chi connectivity index (χ1) is 11.7. The van der Waals surface area contributed by atoms with Crippen molar-refractivity contribution in [2.75, 3.05) is 5.32 Å². The number of carbonyl (C=O) groups is 1. The van der Waals surface area contributed by atoms with Crippen LogP contribution in [0.25, 0.3) is 0 Å². The standard InChI is InChI=1S/C17H16N4O2S/c1-12-10-13(23-17-18-7-3-8-19-17)5-6-15(12)21-16(22)20-11-14-4-2-9-24-14/h2-10H,11H2,1H3,(H2,20,21,22). The molecule has 1 aromatic carbocycles. The lowest BCUT2D eigenvalue weighted by molar-refractivity contribution is 0.252. The Bertz CT molecular complexity index is 807. The second-order valence-electron chi connectivity index (χ2n) is 5.00. The third-order valence-corrected chi connectivity index (χ3v) is 4.08. The molecule has 2 amide bonds. The Morgan fingerprint density at radius 1 is 1.21 bits per heavy atom. The number of benzene rings is 1. The fourth-order valence-corrected chi connectivity index (χ4v) is 2.68. The molecule has 122 valence electrons. The molecule has 0 unspecified atom stereocenters. The van der Waals surface area contributed by atoms with Crippen LogP contribution in [-0.4, -0.2) is 16.0 Å². The van der Waals surface area contributed by atoms with E-state index in [9.17, 15) is 4.79 Å². The molecule has 0 atom stereocenters. The Morgan fingerprint density at radius 2 is 2.04 bits per heavy atom. The maximum Gasteiger partial charge on any atom is 0.321 e. The van der Waals surface area contributed by atoms with E-state index in [1.165, 1.54) is 0 Å². The Kier molecular flexibility index (Phi) is 5.02. The number of urea groups is 1. The van der Waals surface area contributed by atoms with Gasteiger partial charge in [0.15, 0.2) is 0 Å². The van der Waals surface area contributed by atoms with E-state index < -0.39 is 0 Å². The van der Waals surface area contributed by atoms with Gasteiger partial charge in [0.1, 0.15) is 5.75 Å². The smallest absolute Gasteiger partial charge is 0.321 e. The van der Waals surface area contributed by atoms with Crippen LogP contribution < -0.4 is 15.4 Å².